The Morgan fingerprint density at radius 2 is 2.18 bits per heavy atom. The highest BCUT2D eigenvalue weighted by molar-refractivity contribution is 5.83. The summed E-state index contributed by atoms with van der Waals surface area (Å²) in [5.41, 5.74) is 9.42. The number of nitrogens with two attached hydrogens (primary N) is 1. The topological polar surface area (TPSA) is 164 Å². The number of nitrogens with zero attached hydrogens (tertiary/aromatic N) is 5. The molecule has 2 aliphatic rings. The molecule has 2 aromatic rings. The molecule has 0 saturated carbocycles. The molecule has 0 bridgehead atoms. The summed E-state index contributed by atoms with van der Waals surface area (Å²) in [7, 11) is 0. The number of nitrogens with one attached hydrogen (secondary N) is 1. The van der Waals surface area contributed by atoms with Crippen molar-refractivity contribution in [3.05, 3.63) is 18.5 Å². The average Bonchev–Trinajstić information content (AvgIpc) is 3.24. The third-order valence-corrected chi connectivity index (χ3v) is 5.00. The number of hydrogen-bond donors (Lipinski definition) is 5. The zero-order valence-corrected chi connectivity index (χ0v) is 15.1. The lowest BCUT2D eigenvalue weighted by Crippen LogP contribution is -2.33. The first-order valence-corrected chi connectivity index (χ1v) is 9.15. The Labute approximate surface area is 160 Å². The Bertz CT molecular complexity index is 899. The van der Waals surface area contributed by atoms with E-state index >= 15 is 0 Å². The molecule has 3 heterocycles. The molecule has 28 heavy (non-hydrogen) atoms. The van der Waals surface area contributed by atoms with E-state index in [0.717, 1.165) is 19.3 Å². The highest BCUT2D eigenvalue weighted by Gasteiger charge is 2.44. The van der Waals surface area contributed by atoms with Crippen molar-refractivity contribution in [2.45, 2.75) is 43.8 Å². The fraction of sp³-hybridized carbons (Fsp3) is 0.529. The number of aliphatic hydroxyl groups excluding tert-OH is 3. The van der Waals surface area contributed by atoms with E-state index in [2.05, 4.69) is 37.6 Å². The maximum absolute atomic E-state index is 10.3. The van der Waals surface area contributed by atoms with Crippen LogP contribution in [0.3, 0.4) is 0 Å². The molecule has 0 aromatic carbocycles. The van der Waals surface area contributed by atoms with Gasteiger partial charge in [0, 0.05) is 6.21 Å². The molecular formula is C17H23N7O4. The van der Waals surface area contributed by atoms with Crippen LogP contribution in [0.15, 0.2) is 23.6 Å². The van der Waals surface area contributed by atoms with Gasteiger partial charge in [-0.05, 0) is 25.2 Å². The van der Waals surface area contributed by atoms with E-state index in [-0.39, 0.29) is 11.8 Å². The van der Waals surface area contributed by atoms with Crippen molar-refractivity contribution in [2.75, 3.05) is 17.8 Å². The summed E-state index contributed by atoms with van der Waals surface area (Å²) in [5.74, 6) is 0.693. The largest absolute Gasteiger partial charge is 0.394 e. The van der Waals surface area contributed by atoms with Crippen LogP contribution in [-0.2, 0) is 4.74 Å². The highest BCUT2D eigenvalue weighted by Crippen LogP contribution is 2.32. The second-order valence-corrected chi connectivity index (χ2v) is 6.92. The van der Waals surface area contributed by atoms with Gasteiger partial charge in [0.15, 0.2) is 17.7 Å². The highest BCUT2D eigenvalue weighted by atomic mass is 16.6. The summed E-state index contributed by atoms with van der Waals surface area (Å²) in [4.78, 5) is 12.7. The molecule has 11 heteroatoms. The lowest BCUT2D eigenvalue weighted by atomic mass is 9.96. The number of aromatic nitrogens is 4. The molecule has 0 radical (unpaired) electrons. The lowest BCUT2D eigenvalue weighted by Gasteiger charge is -2.16. The molecule has 4 rings (SSSR count). The van der Waals surface area contributed by atoms with Crippen molar-refractivity contribution in [2.24, 2.45) is 11.0 Å². The lowest BCUT2D eigenvalue weighted by molar-refractivity contribution is -0.0511. The Kier molecular flexibility index (Phi) is 5.22. The van der Waals surface area contributed by atoms with E-state index in [1.165, 1.54) is 10.9 Å². The summed E-state index contributed by atoms with van der Waals surface area (Å²) in [6.45, 7) is -0.420. The SMILES string of the molecule is Nc1nc(N/N=C\C2CC=CCC2)nc2c1ncn2[C@@H]1O[C@H](CO)[C@@H](O)[C@H]1O. The second-order valence-electron chi connectivity index (χ2n) is 6.92. The van der Waals surface area contributed by atoms with E-state index in [1.54, 1.807) is 0 Å². The fourth-order valence-corrected chi connectivity index (χ4v) is 3.44. The first-order chi connectivity index (χ1) is 13.6. The summed E-state index contributed by atoms with van der Waals surface area (Å²) in [5, 5.41) is 33.7. The third kappa shape index (κ3) is 3.44. The molecular weight excluding hydrogens is 366 g/mol. The van der Waals surface area contributed by atoms with Gasteiger partial charge in [-0.2, -0.15) is 15.1 Å². The molecule has 1 aliphatic carbocycles. The second kappa shape index (κ2) is 7.80. The smallest absolute Gasteiger partial charge is 0.247 e. The first kappa shape index (κ1) is 18.7. The van der Waals surface area contributed by atoms with E-state index in [1.807, 2.05) is 6.21 Å². The average molecular weight is 389 g/mol. The number of imidazole rings is 1. The molecule has 11 nitrogen and oxygen atoms in total. The van der Waals surface area contributed by atoms with Gasteiger partial charge in [0.1, 0.15) is 23.8 Å². The Morgan fingerprint density at radius 1 is 1.32 bits per heavy atom. The van der Waals surface area contributed by atoms with Crippen LogP contribution in [0.1, 0.15) is 25.5 Å². The third-order valence-electron chi connectivity index (χ3n) is 5.00. The number of ether oxygens (including phenoxy) is 1. The summed E-state index contributed by atoms with van der Waals surface area (Å²) < 4.78 is 7.00. The van der Waals surface area contributed by atoms with Gasteiger partial charge in [-0.1, -0.05) is 12.2 Å². The Morgan fingerprint density at radius 3 is 2.89 bits per heavy atom. The number of hydrazone groups is 1. The van der Waals surface area contributed by atoms with Crippen molar-refractivity contribution in [1.29, 1.82) is 0 Å². The van der Waals surface area contributed by atoms with Crippen molar-refractivity contribution in [1.82, 2.24) is 19.5 Å². The Hall–Kier alpha value is -2.60. The van der Waals surface area contributed by atoms with Gasteiger partial charge >= 0.3 is 0 Å². The zero-order chi connectivity index (χ0) is 19.7. The number of aliphatic hydroxyl groups is 3. The maximum Gasteiger partial charge on any atom is 0.247 e. The van der Waals surface area contributed by atoms with E-state index < -0.39 is 31.1 Å². The number of allylic oxidation sites excluding steroid dienone is 2. The summed E-state index contributed by atoms with van der Waals surface area (Å²) in [6, 6.07) is 0. The van der Waals surface area contributed by atoms with Crippen LogP contribution in [0.2, 0.25) is 0 Å². The fourth-order valence-electron chi connectivity index (χ4n) is 3.44. The summed E-state index contributed by atoms with van der Waals surface area (Å²) >= 11 is 0. The minimum atomic E-state index is -1.25. The van der Waals surface area contributed by atoms with Crippen molar-refractivity contribution >= 4 is 29.1 Å². The van der Waals surface area contributed by atoms with Crippen molar-refractivity contribution in [3.63, 3.8) is 0 Å². The molecule has 1 aliphatic heterocycles. The van der Waals surface area contributed by atoms with Gasteiger partial charge in [0.25, 0.3) is 0 Å². The van der Waals surface area contributed by atoms with Crippen LogP contribution in [0.4, 0.5) is 11.8 Å². The molecule has 1 fully saturated rings. The molecule has 5 atom stereocenters. The van der Waals surface area contributed by atoms with Crippen LogP contribution in [0, 0.1) is 5.92 Å². The first-order valence-electron chi connectivity index (χ1n) is 9.15. The molecule has 150 valence electrons. The molecule has 2 aromatic heterocycles. The van der Waals surface area contributed by atoms with Crippen LogP contribution in [0.25, 0.3) is 11.2 Å². The van der Waals surface area contributed by atoms with Crippen LogP contribution < -0.4 is 11.2 Å². The molecule has 1 saturated heterocycles. The maximum atomic E-state index is 10.3. The quantitative estimate of drug-likeness (QED) is 0.264. The number of hydrogen-bond acceptors (Lipinski definition) is 10. The predicted molar refractivity (Wildman–Crippen MR) is 101 cm³/mol. The van der Waals surface area contributed by atoms with Gasteiger partial charge in [-0.3, -0.25) is 4.57 Å². The van der Waals surface area contributed by atoms with E-state index in [4.69, 9.17) is 10.5 Å². The minimum Gasteiger partial charge on any atom is -0.394 e. The van der Waals surface area contributed by atoms with Gasteiger partial charge in [-0.15, -0.1) is 0 Å². The van der Waals surface area contributed by atoms with E-state index in [9.17, 15) is 15.3 Å². The number of anilines is 2. The summed E-state index contributed by atoms with van der Waals surface area (Å²) in [6.07, 6.45) is 6.23. The number of nitrogen functional groups attached to an aromatic ring is 1. The van der Waals surface area contributed by atoms with Crippen molar-refractivity contribution in [3.8, 4) is 0 Å². The standard InChI is InChI=1S/C17H23N7O4/c18-14-11-15(22-17(21-14)23-20-6-9-4-2-1-3-5-9)24(8-19-11)16-13(27)12(26)10(7-25)28-16/h1-2,6,8-10,12-13,16,25-27H,3-5,7H2,(H3,18,21,22,23)/b20-6-/t9?,10-,12-,13-,16-/m1/s1. The Balaban J connectivity index is 1.58. The van der Waals surface area contributed by atoms with Crippen LogP contribution >= 0.6 is 0 Å². The van der Waals surface area contributed by atoms with Gasteiger partial charge in [0.05, 0.1) is 12.9 Å². The normalized spacial score (nSPS) is 30.5. The van der Waals surface area contributed by atoms with Crippen molar-refractivity contribution < 1.29 is 20.1 Å². The number of rotatable bonds is 5. The monoisotopic (exact) mass is 389 g/mol. The van der Waals surface area contributed by atoms with E-state index in [0.29, 0.717) is 17.1 Å². The van der Waals surface area contributed by atoms with Gasteiger partial charge < -0.3 is 25.8 Å². The molecule has 1 unspecified atom stereocenters. The molecule has 6 N–H and O–H groups in total. The minimum absolute atomic E-state index is 0.147. The predicted octanol–water partition coefficient (Wildman–Crippen LogP) is -0.226. The van der Waals surface area contributed by atoms with Gasteiger partial charge in [-0.25, -0.2) is 10.4 Å². The van der Waals surface area contributed by atoms with Crippen LogP contribution in [-0.4, -0.2) is 66.0 Å². The van der Waals surface area contributed by atoms with Crippen LogP contribution in [0.5, 0.6) is 0 Å². The number of fused-ring (bicyclic) bond motifs is 1. The van der Waals surface area contributed by atoms with Gasteiger partial charge in [0.2, 0.25) is 5.95 Å². The molecule has 0 spiro atoms. The zero-order valence-electron chi connectivity index (χ0n) is 15.1. The molecule has 0 amide bonds.